The molecule has 2 saturated heterocycles. The summed E-state index contributed by atoms with van der Waals surface area (Å²) in [6, 6.07) is 5.89. The Balaban J connectivity index is 0.00000306. The Morgan fingerprint density at radius 3 is 2.39 bits per heavy atom. The highest BCUT2D eigenvalue weighted by molar-refractivity contribution is 14.0. The van der Waals surface area contributed by atoms with Gasteiger partial charge in [0, 0.05) is 77.8 Å². The van der Waals surface area contributed by atoms with Gasteiger partial charge >= 0.3 is 0 Å². The normalized spacial score (nSPS) is 19.4. The highest BCUT2D eigenvalue weighted by atomic mass is 127. The van der Waals surface area contributed by atoms with E-state index in [0.717, 1.165) is 51.6 Å². The van der Waals surface area contributed by atoms with Crippen molar-refractivity contribution in [3.05, 3.63) is 48.3 Å². The fraction of sp³-hybridized carbons (Fsp3) is 0.500. The molecule has 1 aromatic heterocycles. The molecule has 2 fully saturated rings. The minimum Gasteiger partial charge on any atom is -0.365 e. The number of hydrogen-bond donors (Lipinski definition) is 2. The van der Waals surface area contributed by atoms with Gasteiger partial charge in [0.1, 0.15) is 17.3 Å². The summed E-state index contributed by atoms with van der Waals surface area (Å²) in [4.78, 5) is 19.3. The van der Waals surface area contributed by atoms with Crippen LogP contribution in [-0.4, -0.2) is 86.3 Å². The van der Waals surface area contributed by atoms with Gasteiger partial charge in [0.2, 0.25) is 5.95 Å². The van der Waals surface area contributed by atoms with Crippen molar-refractivity contribution in [2.75, 3.05) is 69.2 Å². The Kier molecular flexibility index (Phi) is 9.41. The molecule has 4 rings (SSSR count). The Labute approximate surface area is 210 Å². The van der Waals surface area contributed by atoms with Gasteiger partial charge in [-0.05, 0) is 24.6 Å². The van der Waals surface area contributed by atoms with Crippen LogP contribution in [0.2, 0.25) is 0 Å². The number of hydrogen-bond acceptors (Lipinski definition) is 6. The second kappa shape index (κ2) is 12.3. The average Bonchev–Trinajstić information content (AvgIpc) is 3.27. The van der Waals surface area contributed by atoms with Crippen LogP contribution in [0.15, 0.2) is 41.7 Å². The number of rotatable bonds is 6. The topological polar surface area (TPSA) is 71.9 Å². The molecule has 0 amide bonds. The molecule has 3 heterocycles. The van der Waals surface area contributed by atoms with E-state index in [2.05, 4.69) is 35.4 Å². The predicted octanol–water partition coefficient (Wildman–Crippen LogP) is 1.94. The number of anilines is 2. The molecule has 2 N–H and O–H groups in total. The minimum absolute atomic E-state index is 0. The monoisotopic (exact) mass is 572 g/mol. The van der Waals surface area contributed by atoms with Crippen LogP contribution >= 0.6 is 24.0 Å². The lowest BCUT2D eigenvalue weighted by Crippen LogP contribution is -2.50. The Bertz CT molecular complexity index is 888. The van der Waals surface area contributed by atoms with Gasteiger partial charge in [0.25, 0.3) is 0 Å². The van der Waals surface area contributed by atoms with E-state index in [9.17, 15) is 8.78 Å². The molecule has 0 radical (unpaired) electrons. The molecule has 2 aliphatic heterocycles. The maximum atomic E-state index is 14.1. The molecule has 2 aliphatic rings. The average molecular weight is 572 g/mol. The van der Waals surface area contributed by atoms with E-state index >= 15 is 0 Å². The van der Waals surface area contributed by atoms with Crippen LogP contribution in [0, 0.1) is 11.6 Å². The fourth-order valence-corrected chi connectivity index (χ4v) is 4.22. The lowest BCUT2D eigenvalue weighted by atomic mass is 10.2. The molecule has 0 bridgehead atoms. The molecular weight excluding hydrogens is 541 g/mol. The van der Waals surface area contributed by atoms with Gasteiger partial charge in [0.15, 0.2) is 5.96 Å². The lowest BCUT2D eigenvalue weighted by molar-refractivity contribution is 0.260. The van der Waals surface area contributed by atoms with Gasteiger partial charge in [-0.3, -0.25) is 9.89 Å². The van der Waals surface area contributed by atoms with Crippen molar-refractivity contribution in [1.29, 1.82) is 0 Å². The van der Waals surface area contributed by atoms with Crippen LogP contribution in [0.3, 0.4) is 0 Å². The molecule has 2 aromatic rings. The Morgan fingerprint density at radius 2 is 1.73 bits per heavy atom. The van der Waals surface area contributed by atoms with E-state index in [1.807, 2.05) is 6.07 Å². The number of aromatic nitrogens is 2. The maximum Gasteiger partial charge on any atom is 0.225 e. The summed E-state index contributed by atoms with van der Waals surface area (Å²) < 4.78 is 28.1. The highest BCUT2D eigenvalue weighted by Crippen LogP contribution is 2.26. The first-order valence-electron chi connectivity index (χ1n) is 11.0. The number of para-hydroxylation sites is 1. The smallest absolute Gasteiger partial charge is 0.225 e. The van der Waals surface area contributed by atoms with E-state index < -0.39 is 11.6 Å². The third-order valence-electron chi connectivity index (χ3n) is 5.93. The predicted molar refractivity (Wildman–Crippen MR) is 138 cm³/mol. The Hall–Kier alpha value is -2.28. The number of halogens is 3. The van der Waals surface area contributed by atoms with E-state index in [0.29, 0.717) is 19.0 Å². The van der Waals surface area contributed by atoms with Crippen molar-refractivity contribution in [1.82, 2.24) is 25.5 Å². The van der Waals surface area contributed by atoms with Crippen LogP contribution in [0.25, 0.3) is 0 Å². The number of nitrogens with zero attached hydrogens (tertiary/aromatic N) is 6. The van der Waals surface area contributed by atoms with Gasteiger partial charge in [0.05, 0.1) is 0 Å². The first-order chi connectivity index (χ1) is 15.6. The van der Waals surface area contributed by atoms with Gasteiger partial charge in [-0.25, -0.2) is 18.7 Å². The van der Waals surface area contributed by atoms with Crippen molar-refractivity contribution in [2.24, 2.45) is 4.99 Å². The summed E-state index contributed by atoms with van der Waals surface area (Å²) >= 11 is 0. The van der Waals surface area contributed by atoms with Crippen molar-refractivity contribution in [2.45, 2.75) is 12.5 Å². The number of aliphatic imine (C=N–C) groups is 1. The zero-order valence-corrected chi connectivity index (χ0v) is 21.1. The summed E-state index contributed by atoms with van der Waals surface area (Å²) in [5.74, 6) is 0.456. The SMILES string of the molecule is CN=C(NCCN1CCN(c2ncccn2)CC1)NC1CCN(c2c(F)cccc2F)C1.I. The molecule has 11 heteroatoms. The number of guanidine groups is 1. The second-order valence-electron chi connectivity index (χ2n) is 8.02. The molecule has 0 spiro atoms. The third kappa shape index (κ3) is 6.62. The van der Waals surface area contributed by atoms with E-state index in [1.54, 1.807) is 24.3 Å². The lowest BCUT2D eigenvalue weighted by Gasteiger charge is -2.34. The molecule has 0 saturated carbocycles. The van der Waals surface area contributed by atoms with Crippen LogP contribution in [0.5, 0.6) is 0 Å². The quantitative estimate of drug-likeness (QED) is 0.312. The number of piperazine rings is 1. The molecule has 1 atom stereocenters. The van der Waals surface area contributed by atoms with Gasteiger partial charge < -0.3 is 20.4 Å². The molecule has 33 heavy (non-hydrogen) atoms. The van der Waals surface area contributed by atoms with E-state index in [-0.39, 0.29) is 35.7 Å². The summed E-state index contributed by atoms with van der Waals surface area (Å²) in [5, 5.41) is 6.74. The molecular formula is C22H31F2IN8. The molecule has 180 valence electrons. The Morgan fingerprint density at radius 1 is 1.03 bits per heavy atom. The van der Waals surface area contributed by atoms with Crippen molar-refractivity contribution in [3.8, 4) is 0 Å². The zero-order valence-electron chi connectivity index (χ0n) is 18.8. The van der Waals surface area contributed by atoms with Crippen LogP contribution in [0.4, 0.5) is 20.4 Å². The largest absolute Gasteiger partial charge is 0.365 e. The summed E-state index contributed by atoms with van der Waals surface area (Å²) in [5.41, 5.74) is 0.0554. The molecule has 1 unspecified atom stereocenters. The van der Waals surface area contributed by atoms with Crippen molar-refractivity contribution >= 4 is 41.6 Å². The summed E-state index contributed by atoms with van der Waals surface area (Å²) in [7, 11) is 1.73. The first kappa shape index (κ1) is 25.3. The second-order valence-corrected chi connectivity index (χ2v) is 8.02. The van der Waals surface area contributed by atoms with Gasteiger partial charge in [-0.15, -0.1) is 24.0 Å². The first-order valence-corrected chi connectivity index (χ1v) is 11.0. The van der Waals surface area contributed by atoms with Crippen LogP contribution in [-0.2, 0) is 0 Å². The van der Waals surface area contributed by atoms with Crippen molar-refractivity contribution in [3.63, 3.8) is 0 Å². The summed E-state index contributed by atoms with van der Waals surface area (Å²) in [6.07, 6.45) is 4.33. The number of benzene rings is 1. The highest BCUT2D eigenvalue weighted by Gasteiger charge is 2.27. The molecule has 0 aliphatic carbocycles. The van der Waals surface area contributed by atoms with Crippen LogP contribution in [0.1, 0.15) is 6.42 Å². The van der Waals surface area contributed by atoms with Crippen LogP contribution < -0.4 is 20.4 Å². The fourth-order valence-electron chi connectivity index (χ4n) is 4.22. The molecule has 8 nitrogen and oxygen atoms in total. The van der Waals surface area contributed by atoms with E-state index in [1.165, 1.54) is 18.2 Å². The third-order valence-corrected chi connectivity index (χ3v) is 5.93. The number of nitrogens with one attached hydrogen (secondary N) is 2. The summed E-state index contributed by atoms with van der Waals surface area (Å²) in [6.45, 7) is 6.52. The minimum atomic E-state index is -0.521. The van der Waals surface area contributed by atoms with Gasteiger partial charge in [-0.2, -0.15) is 0 Å². The maximum absolute atomic E-state index is 14.1. The van der Waals surface area contributed by atoms with Gasteiger partial charge in [-0.1, -0.05) is 6.07 Å². The standard InChI is InChI=1S/C22H30F2N8.HI/c1-25-21(29-17-6-10-32(16-17)20-18(23)4-2-5-19(20)24)26-9-11-30-12-14-31(15-13-30)22-27-7-3-8-28-22;/h2-5,7-8,17H,6,9-16H2,1H3,(H2,25,26,29);1H. The van der Waals surface area contributed by atoms with E-state index in [4.69, 9.17) is 0 Å². The molecule has 1 aromatic carbocycles. The van der Waals surface area contributed by atoms with Crippen molar-refractivity contribution < 1.29 is 8.78 Å². The zero-order chi connectivity index (χ0) is 22.3.